The molecule has 0 saturated heterocycles. The molecule has 0 fully saturated rings. The molecule has 1 atom stereocenters. The summed E-state index contributed by atoms with van der Waals surface area (Å²) < 4.78 is 0.0608. The monoisotopic (exact) mass is 755 g/mol. The van der Waals surface area contributed by atoms with Gasteiger partial charge in [0.1, 0.15) is 18.0 Å². The Morgan fingerprint density at radius 2 is 1.00 bits per heavy atom. The minimum Gasteiger partial charge on any atom is -0.411 e. The minimum absolute atomic E-state index is 0.0104. The van der Waals surface area contributed by atoms with Gasteiger partial charge in [-0.2, -0.15) is 0 Å². The molecule has 0 radical (unpaired) electrons. The smallest absolute Gasteiger partial charge is 0.324 e. The largest absolute Gasteiger partial charge is 0.411 e. The first-order chi connectivity index (χ1) is 27.5. The molecule has 7 aromatic rings. The van der Waals surface area contributed by atoms with Crippen LogP contribution < -0.4 is 5.32 Å². The van der Waals surface area contributed by atoms with Gasteiger partial charge in [0.25, 0.3) is 0 Å². The average Bonchev–Trinajstić information content (AvgIpc) is 3.74. The lowest BCUT2D eigenvalue weighted by Crippen LogP contribution is -2.59. The highest BCUT2D eigenvalue weighted by molar-refractivity contribution is 7.13. The van der Waals surface area contributed by atoms with E-state index in [2.05, 4.69) is 125 Å². The highest BCUT2D eigenvalue weighted by Crippen LogP contribution is 2.52. The molecule has 1 aromatic heterocycles. The van der Waals surface area contributed by atoms with Crippen molar-refractivity contribution in [1.29, 1.82) is 0 Å². The highest BCUT2D eigenvalue weighted by atomic mass is 32.1. The fourth-order valence-corrected chi connectivity index (χ4v) is 9.20. The van der Waals surface area contributed by atoms with Gasteiger partial charge in [-0.1, -0.05) is 187 Å². The zero-order valence-corrected chi connectivity index (χ0v) is 32.6. The van der Waals surface area contributed by atoms with E-state index in [9.17, 15) is 5.21 Å². The Labute approximate surface area is 334 Å². The molecular weight excluding hydrogens is 709 g/mol. The van der Waals surface area contributed by atoms with Crippen molar-refractivity contribution >= 4 is 28.6 Å². The number of benzene rings is 6. The number of amides is 1. The van der Waals surface area contributed by atoms with E-state index >= 15 is 4.79 Å². The summed E-state index contributed by atoms with van der Waals surface area (Å²) in [7, 11) is 0. The Morgan fingerprint density at radius 1 is 0.643 bits per heavy atom. The Morgan fingerprint density at radius 3 is 1.34 bits per heavy atom. The highest BCUT2D eigenvalue weighted by Gasteiger charge is 2.55. The van der Waals surface area contributed by atoms with Crippen LogP contribution >= 0.6 is 11.3 Å². The quantitative estimate of drug-likeness (QED) is 0.0359. The first-order valence-electron chi connectivity index (χ1n) is 19.2. The number of oxime groups is 1. The molecule has 0 aliphatic rings. The van der Waals surface area contributed by atoms with Crippen molar-refractivity contribution in [2.24, 2.45) is 5.16 Å². The molecule has 1 heterocycles. The van der Waals surface area contributed by atoms with Crippen LogP contribution in [-0.2, 0) is 15.7 Å². The zero-order valence-electron chi connectivity index (χ0n) is 31.8. The van der Waals surface area contributed by atoms with Crippen molar-refractivity contribution in [3.63, 3.8) is 0 Å². The van der Waals surface area contributed by atoms with Gasteiger partial charge in [0.15, 0.2) is 5.13 Å². The maximum atomic E-state index is 16.0. The number of anilines is 1. The molecule has 0 bridgehead atoms. The Hall–Kier alpha value is -6.15. The number of carbonyl (C=O) groups is 1. The van der Waals surface area contributed by atoms with Crippen molar-refractivity contribution in [1.82, 2.24) is 4.98 Å². The predicted octanol–water partition coefficient (Wildman–Crippen LogP) is 10.5. The number of hydrogen-bond acceptors (Lipinski definition) is 6. The first kappa shape index (κ1) is 38.1. The molecule has 6 nitrogen and oxygen atoms in total. The summed E-state index contributed by atoms with van der Waals surface area (Å²) in [5.41, 5.74) is 4.97. The van der Waals surface area contributed by atoms with Gasteiger partial charge < -0.3 is 10.5 Å². The SMILES string of the molecule is CC[N+](CC)(C/C=N\O)C(=O)C(c1csc(NC(c2ccccc2)(c2ccccc2)c2ccccc2)n1)C(c1ccccc1)(c1ccccc1)c1ccccc1. The van der Waals surface area contributed by atoms with E-state index in [0.717, 1.165) is 33.4 Å². The van der Waals surface area contributed by atoms with Crippen LogP contribution in [0.2, 0.25) is 0 Å². The van der Waals surface area contributed by atoms with Gasteiger partial charge in [-0.3, -0.25) is 4.48 Å². The summed E-state index contributed by atoms with van der Waals surface area (Å²) in [6.07, 6.45) is 1.44. The third kappa shape index (κ3) is 6.96. The predicted molar refractivity (Wildman–Crippen MR) is 228 cm³/mol. The van der Waals surface area contributed by atoms with E-state index in [1.807, 2.05) is 86.6 Å². The maximum absolute atomic E-state index is 16.0. The molecule has 280 valence electrons. The van der Waals surface area contributed by atoms with Gasteiger partial charge in [-0.15, -0.1) is 11.3 Å². The molecule has 0 aliphatic heterocycles. The summed E-state index contributed by atoms with van der Waals surface area (Å²) in [4.78, 5) is 21.5. The molecule has 56 heavy (non-hydrogen) atoms. The van der Waals surface area contributed by atoms with Crippen LogP contribution in [0.3, 0.4) is 0 Å². The average molecular weight is 756 g/mol. The van der Waals surface area contributed by atoms with Crippen molar-refractivity contribution < 1.29 is 14.5 Å². The molecule has 0 spiro atoms. The van der Waals surface area contributed by atoms with E-state index < -0.39 is 16.9 Å². The van der Waals surface area contributed by atoms with E-state index in [-0.39, 0.29) is 16.9 Å². The van der Waals surface area contributed by atoms with Gasteiger partial charge in [0.05, 0.1) is 30.4 Å². The van der Waals surface area contributed by atoms with Crippen LogP contribution in [0.15, 0.2) is 193 Å². The third-order valence-corrected chi connectivity index (χ3v) is 12.1. The molecule has 1 unspecified atom stereocenters. The Kier molecular flexibility index (Phi) is 11.7. The van der Waals surface area contributed by atoms with Gasteiger partial charge in [-0.25, -0.2) is 9.78 Å². The number of quaternary nitrogens is 1. The Balaban J connectivity index is 1.52. The lowest BCUT2D eigenvalue weighted by atomic mass is 9.60. The second-order valence-electron chi connectivity index (χ2n) is 14.0. The molecular formula is C49H47N4O2S+. The van der Waals surface area contributed by atoms with Gasteiger partial charge in [0.2, 0.25) is 0 Å². The van der Waals surface area contributed by atoms with E-state index in [1.54, 1.807) is 0 Å². The first-order valence-corrected chi connectivity index (χ1v) is 20.0. The summed E-state index contributed by atoms with van der Waals surface area (Å²) in [5.74, 6) is -0.809. The fourth-order valence-electron chi connectivity index (χ4n) is 8.40. The van der Waals surface area contributed by atoms with Crippen LogP contribution in [0.5, 0.6) is 0 Å². The topological polar surface area (TPSA) is 74.6 Å². The van der Waals surface area contributed by atoms with Gasteiger partial charge in [0, 0.05) is 5.38 Å². The molecule has 1 amide bonds. The zero-order chi connectivity index (χ0) is 38.9. The van der Waals surface area contributed by atoms with Crippen molar-refractivity contribution in [3.8, 4) is 0 Å². The van der Waals surface area contributed by atoms with Crippen LogP contribution in [-0.4, -0.2) is 46.4 Å². The van der Waals surface area contributed by atoms with Crippen molar-refractivity contribution in [3.05, 3.63) is 226 Å². The summed E-state index contributed by atoms with van der Waals surface area (Å²) in [6.45, 7) is 5.30. The number of rotatable bonds is 15. The second kappa shape index (κ2) is 17.1. The summed E-state index contributed by atoms with van der Waals surface area (Å²) >= 11 is 1.50. The number of hydrogen-bond donors (Lipinski definition) is 2. The van der Waals surface area contributed by atoms with Gasteiger partial charge >= 0.3 is 5.91 Å². The number of nitrogens with one attached hydrogen (secondary N) is 1. The molecule has 7 heteroatoms. The lowest BCUT2D eigenvalue weighted by Gasteiger charge is -2.44. The van der Waals surface area contributed by atoms with Crippen molar-refractivity contribution in [2.45, 2.75) is 30.7 Å². The third-order valence-electron chi connectivity index (χ3n) is 11.3. The van der Waals surface area contributed by atoms with E-state index in [4.69, 9.17) is 4.98 Å². The van der Waals surface area contributed by atoms with E-state index in [0.29, 0.717) is 23.9 Å². The lowest BCUT2D eigenvalue weighted by molar-refractivity contribution is -0.842. The number of carbonyl (C=O) groups excluding carboxylic acids is 1. The van der Waals surface area contributed by atoms with Gasteiger partial charge in [-0.05, 0) is 47.2 Å². The minimum atomic E-state index is -0.994. The van der Waals surface area contributed by atoms with Crippen LogP contribution in [0.4, 0.5) is 5.13 Å². The van der Waals surface area contributed by atoms with E-state index in [1.165, 1.54) is 17.6 Å². The number of thiazole rings is 1. The molecule has 0 saturated carbocycles. The number of aromatic nitrogens is 1. The molecule has 0 aliphatic carbocycles. The maximum Gasteiger partial charge on any atom is 0.324 e. The molecule has 2 N–H and O–H groups in total. The van der Waals surface area contributed by atoms with Crippen LogP contribution in [0.1, 0.15) is 58.8 Å². The molecule has 6 aromatic carbocycles. The summed E-state index contributed by atoms with van der Waals surface area (Å²) in [6, 6.07) is 62.4. The number of nitrogens with zero attached hydrogens (tertiary/aromatic N) is 3. The van der Waals surface area contributed by atoms with Crippen molar-refractivity contribution in [2.75, 3.05) is 25.0 Å². The van der Waals surface area contributed by atoms with Crippen LogP contribution in [0, 0.1) is 0 Å². The number of likely N-dealkylation sites (N-methyl/N-ethyl adjacent to an activating group) is 1. The summed E-state index contributed by atoms with van der Waals surface area (Å²) in [5, 5.41) is 19.8. The second-order valence-corrected chi connectivity index (χ2v) is 14.8. The normalized spacial score (nSPS) is 12.7. The standard InChI is InChI=1S/C49H46N4O2S/c1-3-53(4-2,36-35-50-55)46(54)45(48(38-23-11-5-12-24-38,39-25-13-6-14-26-39)40-27-15-7-16-28-40)44-37-56-47(51-44)52-49(41-29-17-8-18-30-41,42-31-19-9-20-32-42)43-33-21-10-22-34-43/h5-35,37,45H,3-4,36H2,1-2H3,(H-,51,52,55)/p+1/b50-35-. The Bertz CT molecular complexity index is 2120. The van der Waals surface area contributed by atoms with Crippen LogP contribution in [0.25, 0.3) is 0 Å². The fraction of sp³-hybridized carbons (Fsp3) is 0.163. The molecule has 7 rings (SSSR count).